The molecule has 120 valence electrons. The summed E-state index contributed by atoms with van der Waals surface area (Å²) in [6, 6.07) is 0. The number of aliphatic hydroxyl groups excluding tert-OH is 2. The van der Waals surface area contributed by atoms with E-state index < -0.39 is 41.1 Å². The molecule has 7 nitrogen and oxygen atoms in total. The highest BCUT2D eigenvalue weighted by Crippen LogP contribution is 2.70. The highest BCUT2D eigenvalue weighted by Gasteiger charge is 2.90. The van der Waals surface area contributed by atoms with Gasteiger partial charge in [-0.3, -0.25) is 0 Å². The average molecular weight is 302 g/mol. The van der Waals surface area contributed by atoms with Crippen molar-refractivity contribution in [2.24, 2.45) is 0 Å². The molecule has 8 atom stereocenters. The van der Waals surface area contributed by atoms with Crippen LogP contribution < -0.4 is 0 Å². The van der Waals surface area contributed by atoms with E-state index in [9.17, 15) is 10.2 Å². The van der Waals surface area contributed by atoms with Gasteiger partial charge in [0.15, 0.2) is 11.9 Å². The van der Waals surface area contributed by atoms with Crippen molar-refractivity contribution in [2.75, 3.05) is 14.2 Å². The lowest BCUT2D eigenvalue weighted by Crippen LogP contribution is -2.74. The molecule has 4 bridgehead atoms. The topological polar surface area (TPSA) is 86.6 Å². The van der Waals surface area contributed by atoms with E-state index in [1.165, 1.54) is 7.11 Å². The van der Waals surface area contributed by atoms with Crippen LogP contribution in [0.4, 0.5) is 0 Å². The van der Waals surface area contributed by atoms with Gasteiger partial charge in [-0.05, 0) is 13.8 Å². The lowest BCUT2D eigenvalue weighted by Gasteiger charge is -2.56. The maximum Gasteiger partial charge on any atom is 0.200 e. The van der Waals surface area contributed by atoms with Gasteiger partial charge < -0.3 is 33.9 Å². The number of hydrogen-bond donors (Lipinski definition) is 2. The van der Waals surface area contributed by atoms with Gasteiger partial charge in [0.1, 0.15) is 17.3 Å². The normalized spacial score (nSPS) is 64.9. The Morgan fingerprint density at radius 1 is 1.14 bits per heavy atom. The van der Waals surface area contributed by atoms with Crippen LogP contribution in [-0.4, -0.2) is 71.6 Å². The molecule has 0 amide bonds. The molecule has 5 rings (SSSR count). The van der Waals surface area contributed by atoms with E-state index in [2.05, 4.69) is 0 Å². The van der Waals surface area contributed by atoms with Crippen LogP contribution in [0.15, 0.2) is 0 Å². The van der Waals surface area contributed by atoms with E-state index in [0.717, 1.165) is 0 Å². The minimum absolute atomic E-state index is 0.237. The standard InChI is InChI=1S/C14H22O7/c1-7-14-11(2)10(16)13(18-4,21-14)5-8(20-11)12(14,17-3)6-9(15)19-7/h7-10,15-16H,5-6H2,1-4H3/t7-,8-,9-,10+,11+,12+,13-,14-/m0/s1. The monoisotopic (exact) mass is 302 g/mol. The van der Waals surface area contributed by atoms with Crippen molar-refractivity contribution >= 4 is 0 Å². The van der Waals surface area contributed by atoms with Gasteiger partial charge in [-0.2, -0.15) is 0 Å². The molecule has 1 spiro atoms. The molecule has 5 saturated heterocycles. The van der Waals surface area contributed by atoms with Crippen LogP contribution >= 0.6 is 0 Å². The third-order valence-electron chi connectivity index (χ3n) is 6.14. The molecule has 0 radical (unpaired) electrons. The molecule has 0 aliphatic carbocycles. The largest absolute Gasteiger partial charge is 0.384 e. The van der Waals surface area contributed by atoms with E-state index in [-0.39, 0.29) is 12.5 Å². The second kappa shape index (κ2) is 3.79. The Morgan fingerprint density at radius 3 is 2.48 bits per heavy atom. The molecule has 0 unspecified atom stereocenters. The van der Waals surface area contributed by atoms with Crippen LogP contribution in [-0.2, 0) is 23.7 Å². The molecule has 5 aliphatic heterocycles. The second-order valence-electron chi connectivity index (χ2n) is 6.70. The highest BCUT2D eigenvalue weighted by molar-refractivity contribution is 5.36. The summed E-state index contributed by atoms with van der Waals surface area (Å²) in [4.78, 5) is 0. The third kappa shape index (κ3) is 1.17. The van der Waals surface area contributed by atoms with E-state index >= 15 is 0 Å². The molecule has 21 heavy (non-hydrogen) atoms. The van der Waals surface area contributed by atoms with Crippen LogP contribution in [0.25, 0.3) is 0 Å². The van der Waals surface area contributed by atoms with Crippen molar-refractivity contribution < 1.29 is 33.9 Å². The summed E-state index contributed by atoms with van der Waals surface area (Å²) in [6.07, 6.45) is -2.15. The fourth-order valence-electron chi connectivity index (χ4n) is 5.31. The SMILES string of the molecule is CO[C@]12C[C@@H]3O[C@](C)([C@H]1O)[C@@]1(O2)[C@H](C)O[C@H](O)C[C@@]31OC. The first-order chi connectivity index (χ1) is 9.82. The summed E-state index contributed by atoms with van der Waals surface area (Å²) in [5, 5.41) is 20.8. The van der Waals surface area contributed by atoms with Crippen LogP contribution in [0.5, 0.6) is 0 Å². The lowest BCUT2D eigenvalue weighted by molar-refractivity contribution is -0.388. The summed E-state index contributed by atoms with van der Waals surface area (Å²) >= 11 is 0. The van der Waals surface area contributed by atoms with Crippen LogP contribution in [0.1, 0.15) is 26.7 Å². The van der Waals surface area contributed by atoms with Crippen LogP contribution in [0.3, 0.4) is 0 Å². The van der Waals surface area contributed by atoms with Gasteiger partial charge >= 0.3 is 0 Å². The first-order valence-corrected chi connectivity index (χ1v) is 7.32. The molecule has 0 saturated carbocycles. The maximum atomic E-state index is 10.8. The van der Waals surface area contributed by atoms with Crippen molar-refractivity contribution in [3.63, 3.8) is 0 Å². The zero-order valence-electron chi connectivity index (χ0n) is 12.7. The molecular formula is C14H22O7. The van der Waals surface area contributed by atoms with Crippen LogP contribution in [0.2, 0.25) is 0 Å². The van der Waals surface area contributed by atoms with Gasteiger partial charge in [0, 0.05) is 27.1 Å². The smallest absolute Gasteiger partial charge is 0.200 e. The molecule has 5 heterocycles. The maximum absolute atomic E-state index is 10.8. The second-order valence-corrected chi connectivity index (χ2v) is 6.70. The van der Waals surface area contributed by atoms with Gasteiger partial charge in [0.05, 0.1) is 12.2 Å². The van der Waals surface area contributed by atoms with Crippen molar-refractivity contribution in [3.8, 4) is 0 Å². The Kier molecular flexibility index (Phi) is 2.58. The Balaban J connectivity index is 1.94. The Labute approximate surface area is 123 Å². The number of ether oxygens (including phenoxy) is 5. The Bertz CT molecular complexity index is 486. The van der Waals surface area contributed by atoms with E-state index in [4.69, 9.17) is 23.7 Å². The van der Waals surface area contributed by atoms with Crippen molar-refractivity contribution in [2.45, 2.75) is 73.9 Å². The Morgan fingerprint density at radius 2 is 1.86 bits per heavy atom. The van der Waals surface area contributed by atoms with Crippen molar-refractivity contribution in [1.82, 2.24) is 0 Å². The zero-order chi connectivity index (χ0) is 15.3. The molecule has 2 N–H and O–H groups in total. The quantitative estimate of drug-likeness (QED) is 0.713. The predicted octanol–water partition coefficient (Wildman–Crippen LogP) is -0.467. The summed E-state index contributed by atoms with van der Waals surface area (Å²) < 4.78 is 29.4. The van der Waals surface area contributed by atoms with Gasteiger partial charge in [0.2, 0.25) is 5.79 Å². The van der Waals surface area contributed by atoms with Crippen LogP contribution in [0, 0.1) is 0 Å². The molecule has 7 heteroatoms. The molecular weight excluding hydrogens is 280 g/mol. The third-order valence-corrected chi connectivity index (χ3v) is 6.14. The van der Waals surface area contributed by atoms with Gasteiger partial charge in [-0.1, -0.05) is 0 Å². The van der Waals surface area contributed by atoms with Gasteiger partial charge in [-0.15, -0.1) is 0 Å². The highest BCUT2D eigenvalue weighted by atomic mass is 16.8. The lowest BCUT2D eigenvalue weighted by atomic mass is 9.66. The molecule has 0 aromatic rings. The van der Waals surface area contributed by atoms with E-state index in [0.29, 0.717) is 6.42 Å². The number of hydrogen-bond acceptors (Lipinski definition) is 7. The molecule has 5 aliphatic rings. The molecule has 0 aromatic heterocycles. The summed E-state index contributed by atoms with van der Waals surface area (Å²) in [5.74, 6) is -1.11. The first-order valence-electron chi connectivity index (χ1n) is 7.32. The van der Waals surface area contributed by atoms with E-state index in [1.54, 1.807) is 7.11 Å². The van der Waals surface area contributed by atoms with Crippen molar-refractivity contribution in [1.29, 1.82) is 0 Å². The van der Waals surface area contributed by atoms with Gasteiger partial charge in [-0.25, -0.2) is 0 Å². The molecule has 5 fully saturated rings. The summed E-state index contributed by atoms with van der Waals surface area (Å²) in [6.45, 7) is 3.62. The predicted molar refractivity (Wildman–Crippen MR) is 68.4 cm³/mol. The fourth-order valence-corrected chi connectivity index (χ4v) is 5.31. The zero-order valence-corrected chi connectivity index (χ0v) is 12.7. The van der Waals surface area contributed by atoms with Gasteiger partial charge in [0.25, 0.3) is 0 Å². The minimum atomic E-state index is -1.11. The summed E-state index contributed by atoms with van der Waals surface area (Å²) in [5.41, 5.74) is -2.90. The molecule has 0 aromatic carbocycles. The number of rotatable bonds is 2. The fraction of sp³-hybridized carbons (Fsp3) is 1.00. The van der Waals surface area contributed by atoms with Crippen molar-refractivity contribution in [3.05, 3.63) is 0 Å². The number of aliphatic hydroxyl groups is 2. The summed E-state index contributed by atoms with van der Waals surface area (Å²) in [7, 11) is 3.11. The van der Waals surface area contributed by atoms with E-state index in [1.807, 2.05) is 13.8 Å². The Hall–Kier alpha value is -0.280. The average Bonchev–Trinajstić information content (AvgIpc) is 2.68. The number of methoxy groups -OCH3 is 2. The minimum Gasteiger partial charge on any atom is -0.384 e. The first kappa shape index (κ1) is 14.3.